The summed E-state index contributed by atoms with van der Waals surface area (Å²) in [5.74, 6) is 1.25. The van der Waals surface area contributed by atoms with Crippen molar-refractivity contribution < 1.29 is 9.47 Å². The van der Waals surface area contributed by atoms with Crippen molar-refractivity contribution in [1.82, 2.24) is 4.90 Å². The average molecular weight is 460 g/mol. The Morgan fingerprint density at radius 2 is 2.04 bits per heavy atom. The van der Waals surface area contributed by atoms with Crippen molar-refractivity contribution in [3.63, 3.8) is 0 Å². The number of anilines is 1. The minimum absolute atomic E-state index is 0. The predicted octanol–water partition coefficient (Wildman–Crippen LogP) is 2.68. The molecule has 0 aliphatic carbocycles. The maximum atomic E-state index is 6.12. The topological polar surface area (TPSA) is 72.1 Å². The first-order valence-corrected chi connectivity index (χ1v) is 8.76. The number of aliphatic imine (C=N–C) groups is 1. The van der Waals surface area contributed by atoms with Gasteiger partial charge in [0.1, 0.15) is 5.75 Å². The molecule has 0 amide bonds. The summed E-state index contributed by atoms with van der Waals surface area (Å²) in [6.07, 6.45) is 4.62. The first-order chi connectivity index (χ1) is 11.7. The number of ether oxygens (including phenoxy) is 2. The minimum atomic E-state index is 0. The summed E-state index contributed by atoms with van der Waals surface area (Å²) in [5.41, 5.74) is 7.11. The maximum absolute atomic E-state index is 6.12. The lowest BCUT2D eigenvalue weighted by Gasteiger charge is -2.43. The third kappa shape index (κ3) is 5.21. The first kappa shape index (κ1) is 20.3. The van der Waals surface area contributed by atoms with Gasteiger partial charge in [0.15, 0.2) is 5.96 Å². The fraction of sp³-hybridized carbons (Fsp3) is 0.611. The Morgan fingerprint density at radius 1 is 1.32 bits per heavy atom. The van der Waals surface area contributed by atoms with Gasteiger partial charge in [0, 0.05) is 30.5 Å². The minimum Gasteiger partial charge on any atom is -0.497 e. The number of likely N-dealkylation sites (tertiary alicyclic amines) is 1. The van der Waals surface area contributed by atoms with Crippen molar-refractivity contribution >= 4 is 35.6 Å². The highest BCUT2D eigenvalue weighted by molar-refractivity contribution is 14.0. The zero-order chi connectivity index (χ0) is 16.8. The van der Waals surface area contributed by atoms with E-state index in [0.717, 1.165) is 44.0 Å². The van der Waals surface area contributed by atoms with Crippen molar-refractivity contribution in [1.29, 1.82) is 0 Å². The van der Waals surface area contributed by atoms with Crippen molar-refractivity contribution in [2.45, 2.75) is 31.2 Å². The van der Waals surface area contributed by atoms with Gasteiger partial charge in [0.2, 0.25) is 0 Å². The number of guanidine groups is 1. The maximum Gasteiger partial charge on any atom is 0.193 e. The number of nitrogens with zero attached hydrogens (tertiary/aromatic N) is 2. The molecule has 1 aromatic carbocycles. The van der Waals surface area contributed by atoms with Crippen LogP contribution in [0.4, 0.5) is 5.69 Å². The highest BCUT2D eigenvalue weighted by atomic mass is 127. The van der Waals surface area contributed by atoms with Gasteiger partial charge in [-0.05, 0) is 50.9 Å². The molecule has 0 aromatic heterocycles. The summed E-state index contributed by atoms with van der Waals surface area (Å²) < 4.78 is 10.8. The van der Waals surface area contributed by atoms with E-state index in [-0.39, 0.29) is 29.5 Å². The lowest BCUT2D eigenvalue weighted by atomic mass is 9.88. The second-order valence-corrected chi connectivity index (χ2v) is 6.59. The molecule has 0 radical (unpaired) electrons. The van der Waals surface area contributed by atoms with E-state index in [1.54, 1.807) is 7.11 Å². The molecule has 2 saturated heterocycles. The lowest BCUT2D eigenvalue weighted by molar-refractivity contribution is -0.0138. The zero-order valence-electron chi connectivity index (χ0n) is 14.9. The van der Waals surface area contributed by atoms with E-state index in [9.17, 15) is 0 Å². The monoisotopic (exact) mass is 460 g/mol. The van der Waals surface area contributed by atoms with Gasteiger partial charge in [-0.1, -0.05) is 6.07 Å². The van der Waals surface area contributed by atoms with E-state index >= 15 is 0 Å². The SMILES string of the molecule is COc1cccc(NC(N)=NCC2(N3CCCC3)CCOCC2)c1.I. The molecule has 140 valence electrons. The Morgan fingerprint density at radius 3 is 2.72 bits per heavy atom. The molecular formula is C18H29IN4O2. The number of rotatable bonds is 5. The fourth-order valence-corrected chi connectivity index (χ4v) is 3.64. The molecule has 0 saturated carbocycles. The molecule has 2 aliphatic rings. The third-order valence-electron chi connectivity index (χ3n) is 5.09. The Kier molecular flexibility index (Phi) is 7.77. The highest BCUT2D eigenvalue weighted by Gasteiger charge is 2.39. The van der Waals surface area contributed by atoms with Crippen LogP contribution in [0.25, 0.3) is 0 Å². The summed E-state index contributed by atoms with van der Waals surface area (Å²) >= 11 is 0. The van der Waals surface area contributed by atoms with Crippen molar-refractivity contribution in [3.05, 3.63) is 24.3 Å². The van der Waals surface area contributed by atoms with Gasteiger partial charge in [0.25, 0.3) is 0 Å². The van der Waals surface area contributed by atoms with E-state index in [4.69, 9.17) is 15.2 Å². The number of hydrogen-bond acceptors (Lipinski definition) is 4. The quantitative estimate of drug-likeness (QED) is 0.402. The molecule has 2 aliphatic heterocycles. The zero-order valence-corrected chi connectivity index (χ0v) is 17.2. The van der Waals surface area contributed by atoms with E-state index in [0.29, 0.717) is 5.96 Å². The Labute approximate surface area is 167 Å². The number of benzene rings is 1. The van der Waals surface area contributed by atoms with Crippen LogP contribution in [0.15, 0.2) is 29.3 Å². The summed E-state index contributed by atoms with van der Waals surface area (Å²) in [4.78, 5) is 7.26. The molecule has 6 nitrogen and oxygen atoms in total. The molecule has 0 atom stereocenters. The molecular weight excluding hydrogens is 431 g/mol. The number of halogens is 1. The van der Waals surface area contributed by atoms with Crippen LogP contribution < -0.4 is 15.8 Å². The fourth-order valence-electron chi connectivity index (χ4n) is 3.64. The van der Waals surface area contributed by atoms with Crippen molar-refractivity contribution in [2.24, 2.45) is 10.7 Å². The number of hydrogen-bond donors (Lipinski definition) is 2. The van der Waals surface area contributed by atoms with Crippen LogP contribution in [-0.2, 0) is 4.74 Å². The molecule has 25 heavy (non-hydrogen) atoms. The Balaban J connectivity index is 0.00000225. The molecule has 1 aromatic rings. The smallest absolute Gasteiger partial charge is 0.193 e. The summed E-state index contributed by atoms with van der Waals surface area (Å²) in [5, 5.41) is 3.16. The van der Waals surface area contributed by atoms with Crippen LogP contribution in [0.1, 0.15) is 25.7 Å². The molecule has 3 N–H and O–H groups in total. The molecule has 7 heteroatoms. The van der Waals surface area contributed by atoms with E-state index in [1.165, 1.54) is 25.9 Å². The lowest BCUT2D eigenvalue weighted by Crippen LogP contribution is -2.53. The van der Waals surface area contributed by atoms with Crippen molar-refractivity contribution in [2.75, 3.05) is 45.3 Å². The second kappa shape index (κ2) is 9.59. The average Bonchev–Trinajstić information content (AvgIpc) is 3.16. The van der Waals surface area contributed by atoms with Crippen LogP contribution in [-0.4, -0.2) is 56.4 Å². The second-order valence-electron chi connectivity index (χ2n) is 6.59. The van der Waals surface area contributed by atoms with E-state index < -0.39 is 0 Å². The third-order valence-corrected chi connectivity index (χ3v) is 5.09. The molecule has 0 spiro atoms. The van der Waals surface area contributed by atoms with Crippen LogP contribution >= 0.6 is 24.0 Å². The normalized spacial score (nSPS) is 20.8. The van der Waals surface area contributed by atoms with Crippen molar-refractivity contribution in [3.8, 4) is 5.75 Å². The predicted molar refractivity (Wildman–Crippen MR) is 112 cm³/mol. The first-order valence-electron chi connectivity index (χ1n) is 8.76. The molecule has 0 bridgehead atoms. The highest BCUT2D eigenvalue weighted by Crippen LogP contribution is 2.31. The molecule has 2 heterocycles. The van der Waals surface area contributed by atoms with Gasteiger partial charge >= 0.3 is 0 Å². The summed E-state index contributed by atoms with van der Waals surface area (Å²) in [6, 6.07) is 7.70. The van der Waals surface area contributed by atoms with Crippen LogP contribution in [0.5, 0.6) is 5.75 Å². The molecule has 3 rings (SSSR count). The van der Waals surface area contributed by atoms with Crippen LogP contribution in [0, 0.1) is 0 Å². The number of methoxy groups -OCH3 is 1. The Bertz CT molecular complexity index is 570. The van der Waals surface area contributed by atoms with Crippen LogP contribution in [0.2, 0.25) is 0 Å². The largest absolute Gasteiger partial charge is 0.497 e. The number of nitrogens with two attached hydrogens (primary N) is 1. The van der Waals surface area contributed by atoms with Gasteiger partial charge in [0.05, 0.1) is 13.7 Å². The van der Waals surface area contributed by atoms with Gasteiger partial charge in [-0.2, -0.15) is 0 Å². The van der Waals surface area contributed by atoms with Gasteiger partial charge in [-0.3, -0.25) is 9.89 Å². The standard InChI is InChI=1S/C18H28N4O2.HI/c1-23-16-6-4-5-15(13-16)21-17(19)20-14-18(7-11-24-12-8-18)22-9-2-3-10-22;/h4-6,13H,2-3,7-12,14H2,1H3,(H3,19,20,21);1H. The van der Waals surface area contributed by atoms with Gasteiger partial charge in [-0.25, -0.2) is 0 Å². The summed E-state index contributed by atoms with van der Waals surface area (Å²) in [6.45, 7) is 4.68. The molecule has 0 unspecified atom stereocenters. The van der Waals surface area contributed by atoms with Gasteiger partial charge in [-0.15, -0.1) is 24.0 Å². The van der Waals surface area contributed by atoms with E-state index in [2.05, 4.69) is 15.2 Å². The number of nitrogens with one attached hydrogen (secondary N) is 1. The molecule has 2 fully saturated rings. The summed E-state index contributed by atoms with van der Waals surface area (Å²) in [7, 11) is 1.65. The Hall–Kier alpha value is -1.06. The van der Waals surface area contributed by atoms with E-state index in [1.807, 2.05) is 24.3 Å². The van der Waals surface area contributed by atoms with Gasteiger partial charge < -0.3 is 20.5 Å². The van der Waals surface area contributed by atoms with Crippen LogP contribution in [0.3, 0.4) is 0 Å².